The van der Waals surface area contributed by atoms with Crippen LogP contribution in [0.2, 0.25) is 0 Å². The number of nitrogens with zero attached hydrogens (tertiary/aromatic N) is 2. The van der Waals surface area contributed by atoms with Crippen molar-refractivity contribution >= 4 is 11.7 Å². The smallest absolute Gasteiger partial charge is 0.292 e. The summed E-state index contributed by atoms with van der Waals surface area (Å²) < 4.78 is 6.78. The van der Waals surface area contributed by atoms with Gasteiger partial charge in [-0.2, -0.15) is 5.10 Å². The quantitative estimate of drug-likeness (QED) is 0.798. The lowest BCUT2D eigenvalue weighted by Crippen LogP contribution is -2.13. The monoisotopic (exact) mass is 220 g/mol. The topological polar surface area (TPSA) is 86.1 Å². The van der Waals surface area contributed by atoms with Crippen LogP contribution in [0.15, 0.2) is 28.8 Å². The number of hydrogen-bond acceptors (Lipinski definition) is 4. The van der Waals surface area contributed by atoms with Crippen LogP contribution in [0.1, 0.15) is 16.3 Å². The van der Waals surface area contributed by atoms with E-state index in [4.69, 9.17) is 10.2 Å². The van der Waals surface area contributed by atoms with Gasteiger partial charge < -0.3 is 15.5 Å². The summed E-state index contributed by atoms with van der Waals surface area (Å²) in [7, 11) is 1.74. The molecule has 0 fully saturated rings. The van der Waals surface area contributed by atoms with Crippen LogP contribution < -0.4 is 11.1 Å². The van der Waals surface area contributed by atoms with Gasteiger partial charge in [0, 0.05) is 13.1 Å². The van der Waals surface area contributed by atoms with E-state index < -0.39 is 0 Å². The van der Waals surface area contributed by atoms with E-state index in [0.29, 0.717) is 11.6 Å². The molecule has 0 aliphatic heterocycles. The minimum absolute atomic E-state index is 0.238. The second kappa shape index (κ2) is 4.19. The molecule has 16 heavy (non-hydrogen) atoms. The molecule has 2 heterocycles. The lowest BCUT2D eigenvalue weighted by molar-refractivity contribution is 0.0994. The zero-order chi connectivity index (χ0) is 11.5. The second-order valence-corrected chi connectivity index (χ2v) is 3.26. The third-order valence-electron chi connectivity index (χ3n) is 2.15. The van der Waals surface area contributed by atoms with Crippen LogP contribution in [0.4, 0.5) is 5.82 Å². The van der Waals surface area contributed by atoms with E-state index in [9.17, 15) is 4.79 Å². The molecule has 0 aliphatic carbocycles. The predicted octanol–water partition coefficient (Wildman–Crippen LogP) is 0.724. The van der Waals surface area contributed by atoms with Gasteiger partial charge in [0.1, 0.15) is 11.6 Å². The van der Waals surface area contributed by atoms with Gasteiger partial charge in [-0.1, -0.05) is 0 Å². The lowest BCUT2D eigenvalue weighted by atomic mass is 10.4. The van der Waals surface area contributed by atoms with Gasteiger partial charge in [0.15, 0.2) is 5.76 Å². The van der Waals surface area contributed by atoms with E-state index in [0.717, 1.165) is 0 Å². The number of amides is 1. The number of rotatable bonds is 3. The maximum absolute atomic E-state index is 11.7. The number of aryl methyl sites for hydroxylation is 1. The molecule has 0 unspecified atom stereocenters. The normalized spacial score (nSPS) is 10.4. The molecule has 1 amide bonds. The van der Waals surface area contributed by atoms with Gasteiger partial charge in [-0.25, -0.2) is 0 Å². The Morgan fingerprint density at radius 3 is 2.94 bits per heavy atom. The number of nitrogens with one attached hydrogen (secondary N) is 1. The van der Waals surface area contributed by atoms with E-state index in [1.807, 2.05) is 0 Å². The van der Waals surface area contributed by atoms with Crippen LogP contribution >= 0.6 is 0 Å². The van der Waals surface area contributed by atoms with E-state index in [2.05, 4.69) is 10.4 Å². The Balaban J connectivity index is 2.11. The van der Waals surface area contributed by atoms with Crippen molar-refractivity contribution in [2.45, 2.75) is 6.54 Å². The standard InChI is InChI=1S/C10H12N4O2/c1-14-9(4-5-12-14)13-10(15)8-3-2-7(6-11)16-8/h2-5H,6,11H2,1H3,(H,13,15). The summed E-state index contributed by atoms with van der Waals surface area (Å²) in [4.78, 5) is 11.7. The Bertz CT molecular complexity index is 500. The maximum atomic E-state index is 11.7. The molecular weight excluding hydrogens is 208 g/mol. The summed E-state index contributed by atoms with van der Waals surface area (Å²) in [5.41, 5.74) is 5.38. The molecule has 0 aliphatic rings. The van der Waals surface area contributed by atoms with Crippen molar-refractivity contribution in [2.24, 2.45) is 12.8 Å². The Morgan fingerprint density at radius 2 is 2.38 bits per heavy atom. The van der Waals surface area contributed by atoms with E-state index >= 15 is 0 Å². The first-order chi connectivity index (χ1) is 7.70. The fourth-order valence-corrected chi connectivity index (χ4v) is 1.28. The zero-order valence-electron chi connectivity index (χ0n) is 8.80. The Morgan fingerprint density at radius 1 is 1.56 bits per heavy atom. The van der Waals surface area contributed by atoms with Gasteiger partial charge in [0.25, 0.3) is 5.91 Å². The molecule has 2 rings (SSSR count). The molecule has 84 valence electrons. The van der Waals surface area contributed by atoms with Crippen molar-refractivity contribution in [3.05, 3.63) is 35.9 Å². The van der Waals surface area contributed by atoms with Crippen LogP contribution in [0, 0.1) is 0 Å². The third kappa shape index (κ3) is 1.96. The second-order valence-electron chi connectivity index (χ2n) is 3.26. The highest BCUT2D eigenvalue weighted by Crippen LogP contribution is 2.10. The van der Waals surface area contributed by atoms with Crippen molar-refractivity contribution in [3.63, 3.8) is 0 Å². The number of nitrogens with two attached hydrogens (primary N) is 1. The predicted molar refractivity (Wildman–Crippen MR) is 57.8 cm³/mol. The van der Waals surface area contributed by atoms with E-state index in [1.54, 1.807) is 36.1 Å². The number of aromatic nitrogens is 2. The summed E-state index contributed by atoms with van der Waals surface area (Å²) in [5.74, 6) is 1.11. The van der Waals surface area contributed by atoms with Crippen LogP contribution in [0.25, 0.3) is 0 Å². The first-order valence-corrected chi connectivity index (χ1v) is 4.79. The minimum Gasteiger partial charge on any atom is -0.455 e. The van der Waals surface area contributed by atoms with Crippen LogP contribution in [-0.2, 0) is 13.6 Å². The molecule has 0 aromatic carbocycles. The Hall–Kier alpha value is -2.08. The molecule has 3 N–H and O–H groups in total. The van der Waals surface area contributed by atoms with Crippen LogP contribution in [-0.4, -0.2) is 15.7 Å². The molecule has 2 aromatic rings. The Kier molecular flexibility index (Phi) is 2.74. The van der Waals surface area contributed by atoms with E-state index in [-0.39, 0.29) is 18.2 Å². The summed E-state index contributed by atoms with van der Waals surface area (Å²) in [6, 6.07) is 4.97. The van der Waals surface area contributed by atoms with Crippen molar-refractivity contribution < 1.29 is 9.21 Å². The zero-order valence-corrected chi connectivity index (χ0v) is 8.80. The van der Waals surface area contributed by atoms with Crippen molar-refractivity contribution in [3.8, 4) is 0 Å². The summed E-state index contributed by atoms with van der Waals surface area (Å²) >= 11 is 0. The SMILES string of the molecule is Cn1nccc1NC(=O)c1ccc(CN)o1. The van der Waals surface area contributed by atoms with Crippen LogP contribution in [0.5, 0.6) is 0 Å². The number of carbonyl (C=O) groups excluding carboxylic acids is 1. The van der Waals surface area contributed by atoms with Gasteiger partial charge in [0.2, 0.25) is 0 Å². The number of anilines is 1. The number of hydrogen-bond donors (Lipinski definition) is 2. The van der Waals surface area contributed by atoms with Gasteiger partial charge in [-0.15, -0.1) is 0 Å². The average molecular weight is 220 g/mol. The van der Waals surface area contributed by atoms with Crippen molar-refractivity contribution in [1.29, 1.82) is 0 Å². The van der Waals surface area contributed by atoms with Crippen molar-refractivity contribution in [2.75, 3.05) is 5.32 Å². The fraction of sp³-hybridized carbons (Fsp3) is 0.200. The van der Waals surface area contributed by atoms with Crippen molar-refractivity contribution in [1.82, 2.24) is 9.78 Å². The van der Waals surface area contributed by atoms with Crippen LogP contribution in [0.3, 0.4) is 0 Å². The molecular formula is C10H12N4O2. The molecule has 2 aromatic heterocycles. The molecule has 0 spiro atoms. The summed E-state index contributed by atoms with van der Waals surface area (Å²) in [5, 5.41) is 6.61. The summed E-state index contributed by atoms with van der Waals surface area (Å²) in [6.07, 6.45) is 1.60. The molecule has 6 nitrogen and oxygen atoms in total. The van der Waals surface area contributed by atoms with Gasteiger partial charge in [-0.3, -0.25) is 9.48 Å². The molecule has 0 radical (unpaired) electrons. The minimum atomic E-state index is -0.316. The molecule has 0 bridgehead atoms. The third-order valence-corrected chi connectivity index (χ3v) is 2.15. The van der Waals surface area contributed by atoms with E-state index in [1.165, 1.54) is 0 Å². The Labute approximate surface area is 92.0 Å². The van der Waals surface area contributed by atoms with Gasteiger partial charge in [0.05, 0.1) is 12.7 Å². The van der Waals surface area contributed by atoms with Gasteiger partial charge in [-0.05, 0) is 12.1 Å². The van der Waals surface area contributed by atoms with Gasteiger partial charge >= 0.3 is 0 Å². The molecule has 0 saturated heterocycles. The highest BCUT2D eigenvalue weighted by atomic mass is 16.4. The average Bonchev–Trinajstić information content (AvgIpc) is 2.88. The first-order valence-electron chi connectivity index (χ1n) is 4.79. The highest BCUT2D eigenvalue weighted by molar-refractivity contribution is 6.01. The number of furan rings is 1. The number of carbonyl (C=O) groups is 1. The maximum Gasteiger partial charge on any atom is 0.292 e. The summed E-state index contributed by atoms with van der Waals surface area (Å²) in [6.45, 7) is 0.277. The lowest BCUT2D eigenvalue weighted by Gasteiger charge is -2.02. The molecule has 6 heteroatoms. The first kappa shape index (κ1) is 10.4. The largest absolute Gasteiger partial charge is 0.455 e. The molecule has 0 atom stereocenters. The highest BCUT2D eigenvalue weighted by Gasteiger charge is 2.12. The fourth-order valence-electron chi connectivity index (χ4n) is 1.28. The molecule has 0 saturated carbocycles.